The number of alkyl halides is 2. The van der Waals surface area contributed by atoms with Crippen molar-refractivity contribution in [1.82, 2.24) is 0 Å². The maximum Gasteiger partial charge on any atom is 0.387 e. The smallest absolute Gasteiger partial charge is 0.387 e. The van der Waals surface area contributed by atoms with Crippen LogP contribution >= 0.6 is 0 Å². The summed E-state index contributed by atoms with van der Waals surface area (Å²) in [5, 5.41) is 19.0. The number of halogens is 2. The molecule has 0 saturated carbocycles. The molecular weight excluding hydrogens is 246 g/mol. The first-order valence-electron chi connectivity index (χ1n) is 5.25. The first-order chi connectivity index (χ1) is 8.25. The minimum Gasteiger partial charge on any atom is -0.481 e. The van der Waals surface area contributed by atoms with Crippen molar-refractivity contribution in [3.8, 4) is 5.75 Å². The van der Waals surface area contributed by atoms with E-state index in [0.29, 0.717) is 5.56 Å². The molecule has 0 heterocycles. The van der Waals surface area contributed by atoms with Crippen LogP contribution in [0.1, 0.15) is 19.4 Å². The average molecular weight is 260 g/mol. The molecule has 0 fully saturated rings. The van der Waals surface area contributed by atoms with Gasteiger partial charge in [0.1, 0.15) is 5.75 Å². The molecule has 2 unspecified atom stereocenters. The van der Waals surface area contributed by atoms with E-state index in [1.807, 2.05) is 0 Å². The van der Waals surface area contributed by atoms with Gasteiger partial charge >= 0.3 is 12.6 Å². The van der Waals surface area contributed by atoms with E-state index in [4.69, 9.17) is 5.11 Å². The van der Waals surface area contributed by atoms with Gasteiger partial charge in [-0.25, -0.2) is 0 Å². The fourth-order valence-electron chi connectivity index (χ4n) is 1.46. The van der Waals surface area contributed by atoms with Crippen LogP contribution < -0.4 is 4.74 Å². The van der Waals surface area contributed by atoms with E-state index in [1.54, 1.807) is 0 Å². The van der Waals surface area contributed by atoms with Gasteiger partial charge in [-0.2, -0.15) is 8.78 Å². The van der Waals surface area contributed by atoms with E-state index >= 15 is 0 Å². The van der Waals surface area contributed by atoms with Crippen LogP contribution in [-0.4, -0.2) is 22.8 Å². The molecule has 4 nitrogen and oxygen atoms in total. The lowest BCUT2D eigenvalue weighted by Crippen LogP contribution is -2.35. The first-order valence-corrected chi connectivity index (χ1v) is 5.25. The minimum absolute atomic E-state index is 0.0486. The Morgan fingerprint density at radius 1 is 1.33 bits per heavy atom. The van der Waals surface area contributed by atoms with Gasteiger partial charge in [-0.1, -0.05) is 12.1 Å². The Morgan fingerprint density at radius 3 is 2.22 bits per heavy atom. The zero-order chi connectivity index (χ0) is 13.9. The maximum absolute atomic E-state index is 11.9. The topological polar surface area (TPSA) is 66.8 Å². The third-order valence-corrected chi connectivity index (χ3v) is 2.88. The summed E-state index contributed by atoms with van der Waals surface area (Å²) in [4.78, 5) is 10.8. The predicted octanol–water partition coefficient (Wildman–Crippen LogP) is 2.22. The van der Waals surface area contributed by atoms with Crippen molar-refractivity contribution in [2.75, 3.05) is 0 Å². The van der Waals surface area contributed by atoms with E-state index in [2.05, 4.69) is 4.74 Å². The molecule has 6 heteroatoms. The van der Waals surface area contributed by atoms with E-state index in [0.717, 1.165) is 0 Å². The van der Waals surface area contributed by atoms with E-state index < -0.39 is 24.1 Å². The van der Waals surface area contributed by atoms with E-state index in [9.17, 15) is 18.7 Å². The highest BCUT2D eigenvalue weighted by Gasteiger charge is 2.35. The molecule has 100 valence electrons. The minimum atomic E-state index is -2.92. The summed E-state index contributed by atoms with van der Waals surface area (Å²) in [7, 11) is 0. The third-order valence-electron chi connectivity index (χ3n) is 2.88. The number of hydrogen-bond donors (Lipinski definition) is 2. The average Bonchev–Trinajstić information content (AvgIpc) is 2.27. The number of ether oxygens (including phenoxy) is 1. The highest BCUT2D eigenvalue weighted by atomic mass is 19.3. The van der Waals surface area contributed by atoms with Crippen molar-refractivity contribution in [3.63, 3.8) is 0 Å². The molecule has 0 aliphatic heterocycles. The van der Waals surface area contributed by atoms with Gasteiger partial charge in [0.05, 0.1) is 11.5 Å². The molecule has 0 aliphatic carbocycles. The van der Waals surface area contributed by atoms with Gasteiger partial charge in [-0.15, -0.1) is 0 Å². The van der Waals surface area contributed by atoms with Gasteiger partial charge in [0, 0.05) is 0 Å². The normalized spacial score (nSPS) is 16.1. The standard InChI is InChI=1S/C12H14F2O4/c1-7(10(15)16)12(2,17)8-3-5-9(6-4-8)18-11(13)14/h3-7,11,17H,1-2H3,(H,15,16). The van der Waals surface area contributed by atoms with Gasteiger partial charge in [0.2, 0.25) is 0 Å². The molecule has 0 saturated heterocycles. The van der Waals surface area contributed by atoms with Crippen molar-refractivity contribution >= 4 is 5.97 Å². The summed E-state index contributed by atoms with van der Waals surface area (Å²) in [6.45, 7) is -0.199. The maximum atomic E-state index is 11.9. The molecule has 0 amide bonds. The Bertz CT molecular complexity index is 415. The van der Waals surface area contributed by atoms with Crippen molar-refractivity contribution in [2.24, 2.45) is 5.92 Å². The quantitative estimate of drug-likeness (QED) is 0.851. The molecule has 0 aromatic heterocycles. The third kappa shape index (κ3) is 3.16. The van der Waals surface area contributed by atoms with Gasteiger partial charge in [0.15, 0.2) is 0 Å². The number of carboxylic acid groups (broad SMARTS) is 1. The zero-order valence-electron chi connectivity index (χ0n) is 9.93. The largest absolute Gasteiger partial charge is 0.481 e. The van der Waals surface area contributed by atoms with Crippen LogP contribution in [0.2, 0.25) is 0 Å². The number of hydrogen-bond acceptors (Lipinski definition) is 3. The van der Waals surface area contributed by atoms with Crippen LogP contribution in [0.15, 0.2) is 24.3 Å². The van der Waals surface area contributed by atoms with Crippen molar-refractivity contribution in [3.05, 3.63) is 29.8 Å². The highest BCUT2D eigenvalue weighted by molar-refractivity contribution is 5.71. The van der Waals surface area contributed by atoms with Gasteiger partial charge in [0.25, 0.3) is 0 Å². The number of aliphatic hydroxyl groups is 1. The number of benzene rings is 1. The van der Waals surface area contributed by atoms with Crippen molar-refractivity contribution < 1.29 is 28.5 Å². The predicted molar refractivity (Wildman–Crippen MR) is 59.4 cm³/mol. The molecule has 0 aliphatic rings. The van der Waals surface area contributed by atoms with Crippen LogP contribution in [0.3, 0.4) is 0 Å². The molecule has 0 spiro atoms. The summed E-state index contributed by atoms with van der Waals surface area (Å²) in [5.41, 5.74) is -1.27. The summed E-state index contributed by atoms with van der Waals surface area (Å²) in [5.74, 6) is -2.22. The first kappa shape index (κ1) is 14.4. The Balaban J connectivity index is 2.93. The van der Waals surface area contributed by atoms with Crippen LogP contribution in [0.25, 0.3) is 0 Å². The summed E-state index contributed by atoms with van der Waals surface area (Å²) < 4.78 is 28.0. The number of aliphatic carboxylic acids is 1. The summed E-state index contributed by atoms with van der Waals surface area (Å²) in [6, 6.07) is 5.23. The highest BCUT2D eigenvalue weighted by Crippen LogP contribution is 2.30. The molecule has 18 heavy (non-hydrogen) atoms. The Labute approximate surface area is 103 Å². The number of carbonyl (C=O) groups is 1. The molecule has 2 N–H and O–H groups in total. The molecule has 0 bridgehead atoms. The second-order valence-electron chi connectivity index (χ2n) is 4.11. The van der Waals surface area contributed by atoms with E-state index in [-0.39, 0.29) is 5.75 Å². The summed E-state index contributed by atoms with van der Waals surface area (Å²) in [6.07, 6.45) is 0. The SMILES string of the molecule is CC(C(=O)O)C(C)(O)c1ccc(OC(F)F)cc1. The molecule has 1 aromatic rings. The molecule has 1 rings (SSSR count). The lowest BCUT2D eigenvalue weighted by molar-refractivity contribution is -0.150. The number of carboxylic acids is 1. The molecule has 1 aromatic carbocycles. The Kier molecular flexibility index (Phi) is 4.24. The second kappa shape index (κ2) is 5.30. The monoisotopic (exact) mass is 260 g/mol. The Hall–Kier alpha value is -1.69. The summed E-state index contributed by atoms with van der Waals surface area (Å²) >= 11 is 0. The molecular formula is C12H14F2O4. The van der Waals surface area contributed by atoms with Crippen LogP contribution in [0, 0.1) is 5.92 Å². The fourth-order valence-corrected chi connectivity index (χ4v) is 1.46. The zero-order valence-corrected chi connectivity index (χ0v) is 9.93. The van der Waals surface area contributed by atoms with E-state index in [1.165, 1.54) is 38.1 Å². The lowest BCUT2D eigenvalue weighted by Gasteiger charge is -2.28. The van der Waals surface area contributed by atoms with Crippen molar-refractivity contribution in [1.29, 1.82) is 0 Å². The number of rotatable bonds is 5. The van der Waals surface area contributed by atoms with Crippen molar-refractivity contribution in [2.45, 2.75) is 26.1 Å². The van der Waals surface area contributed by atoms with Gasteiger partial charge in [-0.05, 0) is 31.5 Å². The lowest BCUT2D eigenvalue weighted by atomic mass is 9.84. The van der Waals surface area contributed by atoms with Crippen LogP contribution in [-0.2, 0) is 10.4 Å². The second-order valence-corrected chi connectivity index (χ2v) is 4.11. The fraction of sp³-hybridized carbons (Fsp3) is 0.417. The van der Waals surface area contributed by atoms with Gasteiger partial charge in [-0.3, -0.25) is 4.79 Å². The van der Waals surface area contributed by atoms with Crippen LogP contribution in [0.5, 0.6) is 5.75 Å². The molecule has 2 atom stereocenters. The Morgan fingerprint density at radius 2 is 1.83 bits per heavy atom. The van der Waals surface area contributed by atoms with Gasteiger partial charge < -0.3 is 14.9 Å². The van der Waals surface area contributed by atoms with Crippen LogP contribution in [0.4, 0.5) is 8.78 Å². The molecule has 0 radical (unpaired) electrons.